The molecule has 0 aliphatic heterocycles. The quantitative estimate of drug-likeness (QED) is 0.369. The molecule has 3 rings (SSSR count). The molecule has 0 radical (unpaired) electrons. The van der Waals surface area contributed by atoms with E-state index in [0.29, 0.717) is 11.9 Å². The standard InChI is InChI=1S/C19H22N5OP.H3NO2S/c1-26(2,25)17-10-8-16(9-11-17)23-19-22-14-21-18(24-19)20-13-12-15-6-4-3-5-7-15;1-4(2)3/h3-11,14H,12-13H2,1-2H3,(H2,20,21,22,23,24);1H2,(H,2,3)/p-1. The summed E-state index contributed by atoms with van der Waals surface area (Å²) in [5, 5.41) is 11.2. The van der Waals surface area contributed by atoms with E-state index in [9.17, 15) is 4.57 Å². The molecule has 1 aromatic heterocycles. The van der Waals surface area contributed by atoms with Crippen LogP contribution in [0.25, 0.3) is 0 Å². The van der Waals surface area contributed by atoms with Gasteiger partial charge in [-0.05, 0) is 49.6 Å². The zero-order valence-electron chi connectivity index (χ0n) is 16.7. The van der Waals surface area contributed by atoms with E-state index in [1.165, 1.54) is 11.9 Å². The summed E-state index contributed by atoms with van der Waals surface area (Å²) in [6.07, 6.45) is 2.37. The largest absolute Gasteiger partial charge is 0.760 e. The van der Waals surface area contributed by atoms with Crippen molar-refractivity contribution in [2.24, 2.45) is 5.14 Å². The molecule has 30 heavy (non-hydrogen) atoms. The summed E-state index contributed by atoms with van der Waals surface area (Å²) in [6.45, 7) is 4.26. The van der Waals surface area contributed by atoms with Crippen LogP contribution < -0.4 is 21.1 Å². The van der Waals surface area contributed by atoms with Crippen molar-refractivity contribution in [3.63, 3.8) is 0 Å². The molecule has 0 saturated heterocycles. The van der Waals surface area contributed by atoms with Gasteiger partial charge in [0.1, 0.15) is 13.5 Å². The molecule has 9 nitrogen and oxygen atoms in total. The summed E-state index contributed by atoms with van der Waals surface area (Å²) in [4.78, 5) is 12.7. The number of rotatable bonds is 7. The van der Waals surface area contributed by atoms with Gasteiger partial charge >= 0.3 is 0 Å². The highest BCUT2D eigenvalue weighted by Crippen LogP contribution is 2.34. The maximum absolute atomic E-state index is 12.1. The lowest BCUT2D eigenvalue weighted by Gasteiger charge is -2.10. The fourth-order valence-electron chi connectivity index (χ4n) is 2.44. The van der Waals surface area contributed by atoms with Crippen molar-refractivity contribution in [2.75, 3.05) is 30.5 Å². The SMILES string of the molecule is CP(C)(=O)c1ccc(Nc2ncnc(NCCc3ccccc3)n2)cc1.NS(=O)[O-]. The zero-order valence-corrected chi connectivity index (χ0v) is 18.4. The highest BCUT2D eigenvalue weighted by molar-refractivity contribution is 7.76. The molecule has 2 aromatic carbocycles. The normalized spacial score (nSPS) is 11.7. The maximum atomic E-state index is 12.1. The third-order valence-corrected chi connectivity index (χ3v) is 5.40. The summed E-state index contributed by atoms with van der Waals surface area (Å²) < 4.78 is 29.6. The van der Waals surface area contributed by atoms with Crippen LogP contribution in [-0.4, -0.2) is 43.6 Å². The average Bonchev–Trinajstić information content (AvgIpc) is 2.68. The summed E-state index contributed by atoms with van der Waals surface area (Å²) in [5.74, 6) is 0.993. The second kappa shape index (κ2) is 11.5. The topological polar surface area (TPSA) is 146 Å². The smallest absolute Gasteiger partial charge is 0.231 e. The van der Waals surface area contributed by atoms with Crippen molar-refractivity contribution in [2.45, 2.75) is 6.42 Å². The van der Waals surface area contributed by atoms with Gasteiger partial charge in [0, 0.05) is 28.8 Å². The van der Waals surface area contributed by atoms with Gasteiger partial charge in [0.05, 0.1) is 0 Å². The Balaban J connectivity index is 0.000000735. The van der Waals surface area contributed by atoms with E-state index in [4.69, 9.17) is 8.76 Å². The van der Waals surface area contributed by atoms with Crippen molar-refractivity contribution in [1.29, 1.82) is 0 Å². The summed E-state index contributed by atoms with van der Waals surface area (Å²) in [6, 6.07) is 17.7. The predicted molar refractivity (Wildman–Crippen MR) is 120 cm³/mol. The van der Waals surface area contributed by atoms with Crippen LogP contribution in [0.2, 0.25) is 0 Å². The van der Waals surface area contributed by atoms with Crippen molar-refractivity contribution in [3.8, 4) is 0 Å². The van der Waals surface area contributed by atoms with Crippen LogP contribution in [0.1, 0.15) is 5.56 Å². The minimum absolute atomic E-state index is 0.464. The number of nitrogens with two attached hydrogens (primary N) is 1. The van der Waals surface area contributed by atoms with Gasteiger partial charge < -0.3 is 19.8 Å². The lowest BCUT2D eigenvalue weighted by Crippen LogP contribution is -2.09. The molecule has 3 aromatic rings. The van der Waals surface area contributed by atoms with Crippen LogP contribution >= 0.6 is 7.14 Å². The molecule has 0 fully saturated rings. The molecule has 0 amide bonds. The minimum Gasteiger partial charge on any atom is -0.760 e. The van der Waals surface area contributed by atoms with Crippen molar-refractivity contribution in [3.05, 3.63) is 66.5 Å². The molecule has 1 unspecified atom stereocenters. The van der Waals surface area contributed by atoms with E-state index < -0.39 is 18.4 Å². The third kappa shape index (κ3) is 8.79. The zero-order chi connectivity index (χ0) is 22.0. The average molecular weight is 447 g/mol. The van der Waals surface area contributed by atoms with Gasteiger partial charge in [-0.3, -0.25) is 9.35 Å². The second-order valence-electron chi connectivity index (χ2n) is 6.58. The molecule has 4 N–H and O–H groups in total. The first-order valence-corrected chi connectivity index (χ1v) is 12.7. The molecule has 11 heteroatoms. The molecule has 1 atom stereocenters. The Kier molecular flexibility index (Phi) is 9.07. The molecular formula is C19H24N6O3PS-. The highest BCUT2D eigenvalue weighted by Gasteiger charge is 2.10. The molecular weight excluding hydrogens is 423 g/mol. The van der Waals surface area contributed by atoms with Gasteiger partial charge in [0.25, 0.3) is 0 Å². The highest BCUT2D eigenvalue weighted by atomic mass is 32.2. The Hall–Kier alpha value is -2.65. The Labute approximate surface area is 178 Å². The first kappa shape index (κ1) is 23.6. The number of hydrogen-bond acceptors (Lipinski definition) is 8. The van der Waals surface area contributed by atoms with E-state index in [1.54, 1.807) is 13.3 Å². The van der Waals surface area contributed by atoms with Crippen LogP contribution in [0.3, 0.4) is 0 Å². The van der Waals surface area contributed by atoms with Gasteiger partial charge in [-0.25, -0.2) is 9.97 Å². The van der Waals surface area contributed by atoms with Crippen molar-refractivity contribution in [1.82, 2.24) is 15.0 Å². The van der Waals surface area contributed by atoms with E-state index in [0.717, 1.165) is 24.0 Å². The fourth-order valence-corrected chi connectivity index (χ4v) is 3.30. The van der Waals surface area contributed by atoms with E-state index in [-0.39, 0.29) is 0 Å². The fraction of sp³-hybridized carbons (Fsp3) is 0.211. The Morgan fingerprint density at radius 2 is 1.63 bits per heavy atom. The van der Waals surface area contributed by atoms with Crippen LogP contribution in [0.15, 0.2) is 60.9 Å². The van der Waals surface area contributed by atoms with Crippen LogP contribution in [0.4, 0.5) is 17.6 Å². The van der Waals surface area contributed by atoms with Gasteiger partial charge in [0.2, 0.25) is 11.9 Å². The number of nitrogens with one attached hydrogen (secondary N) is 2. The van der Waals surface area contributed by atoms with E-state index in [2.05, 4.69) is 42.9 Å². The molecule has 0 bridgehead atoms. The lowest BCUT2D eigenvalue weighted by molar-refractivity contribution is 0.538. The summed E-state index contributed by atoms with van der Waals surface area (Å²) >= 11 is -2.36. The Morgan fingerprint density at radius 1 is 1.03 bits per heavy atom. The van der Waals surface area contributed by atoms with Crippen LogP contribution in [0, 0.1) is 0 Å². The van der Waals surface area contributed by atoms with Gasteiger partial charge in [-0.2, -0.15) is 4.98 Å². The van der Waals surface area contributed by atoms with E-state index in [1.807, 2.05) is 42.5 Å². The van der Waals surface area contributed by atoms with Gasteiger partial charge in [-0.1, -0.05) is 30.3 Å². The minimum atomic E-state index is -2.36. The van der Waals surface area contributed by atoms with Crippen molar-refractivity contribution >= 4 is 41.3 Å². The Morgan fingerprint density at radius 3 is 2.23 bits per heavy atom. The summed E-state index contributed by atoms with van der Waals surface area (Å²) in [5.41, 5.74) is 2.10. The van der Waals surface area contributed by atoms with Crippen molar-refractivity contribution < 1.29 is 13.3 Å². The number of nitrogens with zero attached hydrogens (tertiary/aromatic N) is 3. The van der Waals surface area contributed by atoms with Crippen LogP contribution in [-0.2, 0) is 22.3 Å². The molecule has 1 heterocycles. The summed E-state index contributed by atoms with van der Waals surface area (Å²) in [7, 11) is -2.25. The maximum Gasteiger partial charge on any atom is 0.231 e. The number of anilines is 3. The number of benzene rings is 2. The number of aromatic nitrogens is 3. The van der Waals surface area contributed by atoms with E-state index >= 15 is 0 Å². The predicted octanol–water partition coefficient (Wildman–Crippen LogP) is 2.26. The molecule has 0 saturated carbocycles. The van der Waals surface area contributed by atoms with Gasteiger partial charge in [-0.15, -0.1) is 0 Å². The third-order valence-electron chi connectivity index (χ3n) is 3.86. The molecule has 160 valence electrons. The molecule has 0 aliphatic carbocycles. The monoisotopic (exact) mass is 447 g/mol. The van der Waals surface area contributed by atoms with Gasteiger partial charge in [0.15, 0.2) is 0 Å². The van der Waals surface area contributed by atoms with Crippen LogP contribution in [0.5, 0.6) is 0 Å². The Bertz CT molecular complexity index is 995. The second-order valence-corrected chi connectivity index (χ2v) is 10.3. The molecule has 0 spiro atoms. The first-order valence-electron chi connectivity index (χ1n) is 8.97. The first-order chi connectivity index (χ1) is 14.2. The lowest BCUT2D eigenvalue weighted by atomic mass is 10.1. The molecule has 0 aliphatic rings. The number of hydrogen-bond donors (Lipinski definition) is 3.